The summed E-state index contributed by atoms with van der Waals surface area (Å²) >= 11 is 0. The third-order valence-corrected chi connectivity index (χ3v) is 2.03. The Morgan fingerprint density at radius 2 is 2.00 bits per heavy atom. The number of benzene rings is 1. The zero-order valence-corrected chi connectivity index (χ0v) is 10.1. The van der Waals surface area contributed by atoms with E-state index in [4.69, 9.17) is 10.5 Å². The second kappa shape index (κ2) is 7.05. The minimum Gasteiger partial charge on any atom is -0.466 e. The van der Waals surface area contributed by atoms with E-state index in [1.165, 1.54) is 0 Å². The van der Waals surface area contributed by atoms with Crippen molar-refractivity contribution in [3.05, 3.63) is 35.9 Å². The Hall–Kier alpha value is -2.37. The second-order valence-corrected chi connectivity index (χ2v) is 3.38. The van der Waals surface area contributed by atoms with Gasteiger partial charge in [0.05, 0.1) is 18.7 Å². The van der Waals surface area contributed by atoms with Gasteiger partial charge in [-0.15, -0.1) is 0 Å². The summed E-state index contributed by atoms with van der Waals surface area (Å²) in [5, 5.41) is 3.81. The SMILES string of the molecule is CCOC(=O)C/C(=N/NC(N)=O)c1ccccc1. The molecule has 0 radical (unpaired) electrons. The van der Waals surface area contributed by atoms with Crippen molar-refractivity contribution in [1.82, 2.24) is 5.43 Å². The van der Waals surface area contributed by atoms with Crippen LogP contribution in [-0.4, -0.2) is 24.3 Å². The number of amides is 2. The fourth-order valence-corrected chi connectivity index (χ4v) is 1.31. The van der Waals surface area contributed by atoms with Gasteiger partial charge in [-0.3, -0.25) is 4.79 Å². The molecule has 0 spiro atoms. The highest BCUT2D eigenvalue weighted by Gasteiger charge is 2.11. The molecule has 0 saturated carbocycles. The van der Waals surface area contributed by atoms with E-state index in [1.54, 1.807) is 31.2 Å². The van der Waals surface area contributed by atoms with Crippen LogP contribution in [0.5, 0.6) is 0 Å². The van der Waals surface area contributed by atoms with Crippen LogP contribution >= 0.6 is 0 Å². The number of rotatable bonds is 5. The van der Waals surface area contributed by atoms with Crippen molar-refractivity contribution in [3.63, 3.8) is 0 Å². The minimum absolute atomic E-state index is 0.0296. The van der Waals surface area contributed by atoms with Crippen molar-refractivity contribution in [2.24, 2.45) is 10.8 Å². The van der Waals surface area contributed by atoms with E-state index in [9.17, 15) is 9.59 Å². The zero-order chi connectivity index (χ0) is 13.4. The number of nitrogens with zero attached hydrogens (tertiary/aromatic N) is 1. The summed E-state index contributed by atoms with van der Waals surface area (Å²) in [4.78, 5) is 22.1. The number of carbonyl (C=O) groups excluding carboxylic acids is 2. The first-order chi connectivity index (χ1) is 8.63. The average molecular weight is 249 g/mol. The molecule has 1 aromatic carbocycles. The number of urea groups is 1. The van der Waals surface area contributed by atoms with Gasteiger partial charge in [0, 0.05) is 0 Å². The lowest BCUT2D eigenvalue weighted by Gasteiger charge is -2.06. The number of hydrogen-bond donors (Lipinski definition) is 2. The molecule has 0 aliphatic heterocycles. The Kier molecular flexibility index (Phi) is 5.37. The van der Waals surface area contributed by atoms with Crippen molar-refractivity contribution in [2.75, 3.05) is 6.61 Å². The van der Waals surface area contributed by atoms with Gasteiger partial charge in [-0.1, -0.05) is 30.3 Å². The van der Waals surface area contributed by atoms with Crippen molar-refractivity contribution < 1.29 is 14.3 Å². The van der Waals surface area contributed by atoms with Crippen molar-refractivity contribution >= 4 is 17.7 Å². The molecule has 0 aliphatic carbocycles. The molecule has 2 amide bonds. The summed E-state index contributed by atoms with van der Waals surface area (Å²) in [6.45, 7) is 2.02. The molecule has 18 heavy (non-hydrogen) atoms. The van der Waals surface area contributed by atoms with E-state index in [-0.39, 0.29) is 6.42 Å². The number of esters is 1. The zero-order valence-electron chi connectivity index (χ0n) is 10.1. The maximum atomic E-state index is 11.4. The molecule has 6 nitrogen and oxygen atoms in total. The monoisotopic (exact) mass is 249 g/mol. The molecule has 0 aromatic heterocycles. The highest BCUT2D eigenvalue weighted by Crippen LogP contribution is 2.05. The van der Waals surface area contributed by atoms with Crippen LogP contribution in [0.1, 0.15) is 18.9 Å². The molecule has 1 rings (SSSR count). The molecule has 96 valence electrons. The summed E-state index contributed by atoms with van der Waals surface area (Å²) < 4.78 is 4.84. The standard InChI is InChI=1S/C12H15N3O3/c1-2-18-11(16)8-10(14-15-12(13)17)9-6-4-3-5-7-9/h3-7H,2,8H2,1H3,(H3,13,15,17)/b14-10-. The van der Waals surface area contributed by atoms with Crippen LogP contribution < -0.4 is 11.2 Å². The first kappa shape index (κ1) is 13.7. The third-order valence-electron chi connectivity index (χ3n) is 2.03. The summed E-state index contributed by atoms with van der Waals surface area (Å²) in [7, 11) is 0. The Morgan fingerprint density at radius 3 is 2.56 bits per heavy atom. The summed E-state index contributed by atoms with van der Waals surface area (Å²) in [6, 6.07) is 8.22. The fourth-order valence-electron chi connectivity index (χ4n) is 1.31. The molecule has 1 aromatic rings. The number of nitrogens with two attached hydrogens (primary N) is 1. The van der Waals surface area contributed by atoms with Gasteiger partial charge >= 0.3 is 12.0 Å². The average Bonchev–Trinajstić information content (AvgIpc) is 2.35. The van der Waals surface area contributed by atoms with Gasteiger partial charge in [0.2, 0.25) is 0 Å². The third kappa shape index (κ3) is 4.65. The molecule has 0 unspecified atom stereocenters. The van der Waals surface area contributed by atoms with Crippen LogP contribution in [0.15, 0.2) is 35.4 Å². The number of hydrogen-bond acceptors (Lipinski definition) is 4. The number of carbonyl (C=O) groups is 2. The van der Waals surface area contributed by atoms with Crippen LogP contribution in [0.25, 0.3) is 0 Å². The normalized spacial score (nSPS) is 10.8. The van der Waals surface area contributed by atoms with Gasteiger partial charge in [0.15, 0.2) is 0 Å². The Morgan fingerprint density at radius 1 is 1.33 bits per heavy atom. The van der Waals surface area contributed by atoms with Crippen molar-refractivity contribution in [2.45, 2.75) is 13.3 Å². The summed E-state index contributed by atoms with van der Waals surface area (Å²) in [6.07, 6.45) is -0.0296. The number of primary amides is 1. The summed E-state index contributed by atoms with van der Waals surface area (Å²) in [5.41, 5.74) is 8.16. The van der Waals surface area contributed by atoms with E-state index in [0.29, 0.717) is 12.3 Å². The molecular formula is C12H15N3O3. The topological polar surface area (TPSA) is 93.8 Å². The molecular weight excluding hydrogens is 234 g/mol. The van der Waals surface area contributed by atoms with E-state index in [0.717, 1.165) is 5.56 Å². The predicted molar refractivity (Wildman–Crippen MR) is 66.9 cm³/mol. The van der Waals surface area contributed by atoms with Gasteiger partial charge in [-0.05, 0) is 12.5 Å². The maximum absolute atomic E-state index is 11.4. The summed E-state index contributed by atoms with van der Waals surface area (Å²) in [5.74, 6) is -0.411. The van der Waals surface area contributed by atoms with Gasteiger partial charge in [0.1, 0.15) is 0 Å². The van der Waals surface area contributed by atoms with E-state index in [2.05, 4.69) is 10.5 Å². The van der Waals surface area contributed by atoms with Crippen LogP contribution in [0.2, 0.25) is 0 Å². The first-order valence-electron chi connectivity index (χ1n) is 5.46. The smallest absolute Gasteiger partial charge is 0.332 e. The van der Waals surface area contributed by atoms with Gasteiger partial charge in [-0.2, -0.15) is 5.10 Å². The molecule has 3 N–H and O–H groups in total. The van der Waals surface area contributed by atoms with E-state index >= 15 is 0 Å². The Labute approximate surface area is 105 Å². The molecule has 0 aliphatic rings. The molecule has 0 bridgehead atoms. The Balaban J connectivity index is 2.85. The quantitative estimate of drug-likeness (QED) is 0.463. The number of ether oxygens (including phenoxy) is 1. The predicted octanol–water partition coefficient (Wildman–Crippen LogP) is 1.01. The maximum Gasteiger partial charge on any atom is 0.332 e. The highest BCUT2D eigenvalue weighted by molar-refractivity contribution is 6.09. The number of nitrogens with one attached hydrogen (secondary N) is 1. The van der Waals surface area contributed by atoms with Crippen LogP contribution in [0.3, 0.4) is 0 Å². The largest absolute Gasteiger partial charge is 0.466 e. The molecule has 0 atom stereocenters. The van der Waals surface area contributed by atoms with Gasteiger partial charge in [-0.25, -0.2) is 10.2 Å². The lowest BCUT2D eigenvalue weighted by atomic mass is 10.1. The van der Waals surface area contributed by atoms with Gasteiger partial charge < -0.3 is 10.5 Å². The number of hydrazone groups is 1. The molecule has 0 heterocycles. The van der Waals surface area contributed by atoms with E-state index in [1.807, 2.05) is 6.07 Å². The molecule has 0 saturated heterocycles. The highest BCUT2D eigenvalue weighted by atomic mass is 16.5. The van der Waals surface area contributed by atoms with Crippen LogP contribution in [0, 0.1) is 0 Å². The molecule has 6 heteroatoms. The van der Waals surface area contributed by atoms with Crippen molar-refractivity contribution in [3.8, 4) is 0 Å². The first-order valence-corrected chi connectivity index (χ1v) is 5.46. The molecule has 0 fully saturated rings. The van der Waals surface area contributed by atoms with Crippen molar-refractivity contribution in [1.29, 1.82) is 0 Å². The fraction of sp³-hybridized carbons (Fsp3) is 0.250. The van der Waals surface area contributed by atoms with Crippen LogP contribution in [0.4, 0.5) is 4.79 Å². The second-order valence-electron chi connectivity index (χ2n) is 3.38. The van der Waals surface area contributed by atoms with Crippen LogP contribution in [-0.2, 0) is 9.53 Å². The van der Waals surface area contributed by atoms with E-state index < -0.39 is 12.0 Å². The lowest BCUT2D eigenvalue weighted by molar-refractivity contribution is -0.141. The van der Waals surface area contributed by atoms with Gasteiger partial charge in [0.25, 0.3) is 0 Å². The lowest BCUT2D eigenvalue weighted by Crippen LogP contribution is -2.26. The Bertz CT molecular complexity index is 443. The minimum atomic E-state index is -0.785.